The zero-order valence-corrected chi connectivity index (χ0v) is 55.4. The van der Waals surface area contributed by atoms with Gasteiger partial charge in [-0.2, -0.15) is 16.8 Å². The summed E-state index contributed by atoms with van der Waals surface area (Å²) in [5.41, 5.74) is 6.43. The van der Waals surface area contributed by atoms with E-state index in [4.69, 9.17) is 58.1 Å². The van der Waals surface area contributed by atoms with E-state index in [0.717, 1.165) is 58.1 Å². The highest BCUT2D eigenvalue weighted by molar-refractivity contribution is 8.13. The summed E-state index contributed by atoms with van der Waals surface area (Å²) in [6.07, 6.45) is 1.81. The van der Waals surface area contributed by atoms with E-state index in [1.807, 2.05) is 142 Å². The van der Waals surface area contributed by atoms with Crippen molar-refractivity contribution in [2.45, 2.75) is 62.1 Å². The maximum Gasteiger partial charge on any atom is 0.297 e. The fourth-order valence-electron chi connectivity index (χ4n) is 6.35. The smallest absolute Gasteiger partial charge is 0.297 e. The van der Waals surface area contributed by atoms with Crippen molar-refractivity contribution in [3.05, 3.63) is 162 Å². The Kier molecular flexibility index (Phi) is 41.1. The van der Waals surface area contributed by atoms with E-state index in [1.165, 1.54) is 36.4 Å². The number of anilines is 3. The molecule has 0 aliphatic rings. The van der Waals surface area contributed by atoms with Crippen molar-refractivity contribution >= 4 is 57.0 Å². The lowest BCUT2D eigenvalue weighted by Gasteiger charge is -2.13. The Morgan fingerprint density at radius 2 is 0.644 bits per heavy atom. The third-order valence-corrected chi connectivity index (χ3v) is 15.1. The number of hydrogen-bond donors (Lipinski definition) is 3. The molecular weight excluding hydrogens is 1200 g/mol. The molecule has 486 valence electrons. The van der Waals surface area contributed by atoms with E-state index in [1.54, 1.807) is 48.5 Å². The van der Waals surface area contributed by atoms with Gasteiger partial charge in [0.15, 0.2) is 0 Å². The molecule has 0 aliphatic heterocycles. The van der Waals surface area contributed by atoms with Gasteiger partial charge in [0.05, 0.1) is 80.8 Å². The van der Waals surface area contributed by atoms with Crippen LogP contribution >= 0.6 is 10.7 Å². The molecule has 0 spiro atoms. The van der Waals surface area contributed by atoms with Gasteiger partial charge in [-0.25, -0.2) is 8.42 Å². The third kappa shape index (κ3) is 37.4. The molecule has 0 heterocycles. The molecule has 6 rings (SSSR count). The Bertz CT molecular complexity index is 2890. The molecule has 0 saturated carbocycles. The van der Waals surface area contributed by atoms with Crippen molar-refractivity contribution in [2.75, 3.05) is 149 Å². The Morgan fingerprint density at radius 1 is 0.368 bits per heavy atom. The molecule has 3 N–H and O–H groups in total. The van der Waals surface area contributed by atoms with Gasteiger partial charge in [-0.1, -0.05) is 66.9 Å². The van der Waals surface area contributed by atoms with Gasteiger partial charge in [0.25, 0.3) is 29.3 Å². The number of phenols is 1. The van der Waals surface area contributed by atoms with Crippen LogP contribution in [0.15, 0.2) is 160 Å². The summed E-state index contributed by atoms with van der Waals surface area (Å²) >= 11 is 0. The first kappa shape index (κ1) is 79.0. The van der Waals surface area contributed by atoms with E-state index in [9.17, 15) is 25.3 Å². The number of ether oxygens (including phenoxy) is 6. The number of hydrogen-bond acceptors (Lipinski definition) is 20. The zero-order valence-electron chi connectivity index (χ0n) is 52.2. The summed E-state index contributed by atoms with van der Waals surface area (Å²) in [7, 11) is 6.24. The maximum absolute atomic E-state index is 11.7. The van der Waals surface area contributed by atoms with Crippen molar-refractivity contribution in [1.29, 1.82) is 0 Å². The molecule has 20 nitrogen and oxygen atoms in total. The molecular formula is C63H92ClN3O17S3. The summed E-state index contributed by atoms with van der Waals surface area (Å²) in [6, 6.07) is 42.6. The molecule has 0 atom stereocenters. The van der Waals surface area contributed by atoms with Crippen molar-refractivity contribution in [3.8, 4) is 17.2 Å². The molecule has 0 unspecified atom stereocenters. The Labute approximate surface area is 522 Å². The fourth-order valence-corrected chi connectivity index (χ4v) is 8.90. The second-order valence-corrected chi connectivity index (χ2v) is 25.0. The van der Waals surface area contributed by atoms with Gasteiger partial charge in [0.1, 0.15) is 30.5 Å². The first-order chi connectivity index (χ1) is 41.3. The molecule has 0 saturated heterocycles. The summed E-state index contributed by atoms with van der Waals surface area (Å²) in [4.78, 5) is 6.60. The van der Waals surface area contributed by atoms with Crippen LogP contribution in [0.5, 0.6) is 17.2 Å². The number of aliphatic hydroxyl groups is 2. The van der Waals surface area contributed by atoms with Crippen LogP contribution in [0.3, 0.4) is 0 Å². The number of benzene rings is 6. The molecule has 0 amide bonds. The number of rotatable bonds is 30. The standard InChI is InChI=1S/C20H28N2O3.2C12H18O4S.C8H11NO.C7H7ClO2S.C4H10O3/c1-21(2)17-5-9-19(10-6-17)24-15-13-23-14-16-25-20-11-7-18(8-12-20)22(3)4;2*1-3-8-15-9-10-16-17(13,14)12-6-4-11(2)5-7-12;1-9(2)7-3-5-8(10)6-4-7;1-6-2-4-7(5-3-6)11(8,9)10;5-1-3-7-4-2-6/h5-12H,13-16H2,1-4H3;2*4-7H,3,8-10H2,1-2H3;3-6,10H,1-2H3;2-5H,1H3;5-6H,1-4H2. The summed E-state index contributed by atoms with van der Waals surface area (Å²) < 4.78 is 110. The zero-order chi connectivity index (χ0) is 65.1. The van der Waals surface area contributed by atoms with Crippen molar-refractivity contribution < 1.29 is 77.4 Å². The molecule has 87 heavy (non-hydrogen) atoms. The van der Waals surface area contributed by atoms with Crippen molar-refractivity contribution in [1.82, 2.24) is 0 Å². The quantitative estimate of drug-likeness (QED) is 0.0216. The Balaban J connectivity index is 0.000000546. The summed E-state index contributed by atoms with van der Waals surface area (Å²) in [6.45, 7) is 14.4. The number of aromatic hydroxyl groups is 1. The van der Waals surface area contributed by atoms with Gasteiger partial charge in [-0.05, 0) is 143 Å². The highest BCUT2D eigenvalue weighted by Gasteiger charge is 2.16. The number of halogens is 1. The molecule has 0 fully saturated rings. The number of aliphatic hydroxyl groups excluding tert-OH is 2. The predicted molar refractivity (Wildman–Crippen MR) is 346 cm³/mol. The van der Waals surface area contributed by atoms with E-state index in [2.05, 4.69) is 14.5 Å². The van der Waals surface area contributed by atoms with Gasteiger partial charge in [0.2, 0.25) is 0 Å². The second kappa shape index (κ2) is 45.2. The van der Waals surface area contributed by atoms with Crippen LogP contribution in [0.4, 0.5) is 17.1 Å². The van der Waals surface area contributed by atoms with E-state index in [0.29, 0.717) is 71.8 Å². The molecule has 6 aromatic rings. The van der Waals surface area contributed by atoms with E-state index in [-0.39, 0.29) is 41.1 Å². The van der Waals surface area contributed by atoms with Gasteiger partial charge in [0, 0.05) is 83.2 Å². The lowest BCUT2D eigenvalue weighted by atomic mass is 10.2. The van der Waals surface area contributed by atoms with Crippen LogP contribution < -0.4 is 24.2 Å². The lowest BCUT2D eigenvalue weighted by molar-refractivity contribution is 0.0650. The average molecular weight is 1300 g/mol. The van der Waals surface area contributed by atoms with Gasteiger partial charge < -0.3 is 58.4 Å². The molecule has 0 bridgehead atoms. The molecule has 6 aromatic carbocycles. The lowest BCUT2D eigenvalue weighted by Crippen LogP contribution is -2.12. The largest absolute Gasteiger partial charge is 0.508 e. The number of nitrogens with zero attached hydrogens (tertiary/aromatic N) is 3. The molecule has 0 aliphatic carbocycles. The maximum atomic E-state index is 11.7. The van der Waals surface area contributed by atoms with E-state index >= 15 is 0 Å². The topological polar surface area (TPSA) is 247 Å². The van der Waals surface area contributed by atoms with Crippen molar-refractivity contribution in [3.63, 3.8) is 0 Å². The average Bonchev–Trinajstić information content (AvgIpc) is 3.68. The van der Waals surface area contributed by atoms with Gasteiger partial charge in [-0.15, -0.1) is 0 Å². The fraction of sp³-hybridized carbons (Fsp3) is 0.429. The normalized spacial score (nSPS) is 10.8. The molecule has 0 aromatic heterocycles. The first-order valence-corrected chi connectivity index (χ1v) is 33.2. The second-order valence-electron chi connectivity index (χ2n) is 19.2. The van der Waals surface area contributed by atoms with Crippen LogP contribution in [-0.4, -0.2) is 175 Å². The van der Waals surface area contributed by atoms with Crippen LogP contribution in [0.1, 0.15) is 43.4 Å². The van der Waals surface area contributed by atoms with Crippen LogP contribution in [0.25, 0.3) is 0 Å². The van der Waals surface area contributed by atoms with E-state index < -0.39 is 29.3 Å². The minimum absolute atomic E-state index is 0.0278. The van der Waals surface area contributed by atoms with Gasteiger partial charge in [-0.3, -0.25) is 8.37 Å². The summed E-state index contributed by atoms with van der Waals surface area (Å²) in [5, 5.41) is 25.1. The monoisotopic (exact) mass is 1290 g/mol. The minimum atomic E-state index is -3.64. The highest BCUT2D eigenvalue weighted by atomic mass is 35.7. The first-order valence-electron chi connectivity index (χ1n) is 28.0. The predicted octanol–water partition coefficient (Wildman–Crippen LogP) is 9.92. The van der Waals surface area contributed by atoms with Crippen molar-refractivity contribution in [2.24, 2.45) is 0 Å². The minimum Gasteiger partial charge on any atom is -0.508 e. The number of phenolic OH excluding ortho intramolecular Hbond substituents is 1. The van der Waals surface area contributed by atoms with Crippen LogP contribution in [-0.2, 0) is 56.6 Å². The third-order valence-electron chi connectivity index (χ3n) is 11.1. The van der Waals surface area contributed by atoms with Crippen LogP contribution in [0.2, 0.25) is 0 Å². The molecule has 24 heteroatoms. The summed E-state index contributed by atoms with van der Waals surface area (Å²) in [5.74, 6) is 2.02. The highest BCUT2D eigenvalue weighted by Crippen LogP contribution is 2.20. The van der Waals surface area contributed by atoms with Gasteiger partial charge >= 0.3 is 0 Å². The number of aryl methyl sites for hydroxylation is 3. The van der Waals surface area contributed by atoms with Crippen LogP contribution in [0, 0.1) is 20.8 Å². The Morgan fingerprint density at radius 3 is 0.931 bits per heavy atom. The molecule has 0 radical (unpaired) electrons. The SMILES string of the molecule is CCCOCCOS(=O)(=O)c1ccc(C)cc1.CCCOCCOS(=O)(=O)c1ccc(C)cc1.CN(C)c1ccc(O)cc1.CN(C)c1ccc(OCCOCCOc2ccc(N(C)C)cc2)cc1.Cc1ccc(S(=O)(=O)Cl)cc1.OCCOCCO. The Hall–Kier alpha value is -6.06.